The lowest BCUT2D eigenvalue weighted by Crippen LogP contribution is -2.30. The molecule has 4 nitrogen and oxygen atoms in total. The molecule has 0 aromatic heterocycles. The highest BCUT2D eigenvalue weighted by Gasteiger charge is 2.24. The first-order valence-corrected chi connectivity index (χ1v) is 7.39. The second-order valence-electron chi connectivity index (χ2n) is 4.85. The zero-order valence-electron chi connectivity index (χ0n) is 11.4. The molecule has 2 rings (SSSR count). The third-order valence-electron chi connectivity index (χ3n) is 3.29. The summed E-state index contributed by atoms with van der Waals surface area (Å²) in [5, 5.41) is 14.2. The average molecular weight is 320 g/mol. The average Bonchev–Trinajstić information content (AvgIpc) is 2.39. The molecule has 0 bridgehead atoms. The van der Waals surface area contributed by atoms with Gasteiger partial charge in [-0.15, -0.1) is 0 Å². The molecule has 0 radical (unpaired) electrons. The summed E-state index contributed by atoms with van der Waals surface area (Å²) in [6.07, 6.45) is 1.04. The van der Waals surface area contributed by atoms with Crippen molar-refractivity contribution in [1.82, 2.24) is 5.32 Å². The fraction of sp³-hybridized carbons (Fsp3) is 0.571. The van der Waals surface area contributed by atoms with Crippen LogP contribution in [0, 0.1) is 0 Å². The van der Waals surface area contributed by atoms with Crippen molar-refractivity contribution in [2.75, 3.05) is 26.9 Å². The fourth-order valence-corrected chi connectivity index (χ4v) is 2.90. The molecule has 0 saturated heterocycles. The molecule has 112 valence electrons. The molecule has 0 aliphatic carbocycles. The van der Waals surface area contributed by atoms with Crippen molar-refractivity contribution in [3.8, 4) is 5.75 Å². The van der Waals surface area contributed by atoms with E-state index in [9.17, 15) is 5.11 Å². The summed E-state index contributed by atoms with van der Waals surface area (Å²) < 4.78 is 10.5. The highest BCUT2D eigenvalue weighted by atomic mass is 35.5. The maximum absolute atomic E-state index is 9.63. The normalized spacial score (nSPS) is 19.3. The maximum atomic E-state index is 9.63. The number of aliphatic hydroxyl groups excluding tert-OH is 1. The number of rotatable bonds is 6. The Balaban J connectivity index is 1.98. The van der Waals surface area contributed by atoms with Crippen LogP contribution in [0.4, 0.5) is 0 Å². The summed E-state index contributed by atoms with van der Waals surface area (Å²) in [4.78, 5) is 0. The van der Waals surface area contributed by atoms with Gasteiger partial charge in [0.05, 0.1) is 24.3 Å². The molecule has 20 heavy (non-hydrogen) atoms. The summed E-state index contributed by atoms with van der Waals surface area (Å²) in [6.45, 7) is 1.66. The maximum Gasteiger partial charge on any atom is 0.142 e. The van der Waals surface area contributed by atoms with Crippen LogP contribution >= 0.6 is 23.2 Å². The number of hydrogen-bond acceptors (Lipinski definition) is 4. The van der Waals surface area contributed by atoms with Gasteiger partial charge in [-0.2, -0.15) is 0 Å². The molecule has 0 amide bonds. The van der Waals surface area contributed by atoms with Crippen molar-refractivity contribution in [3.05, 3.63) is 27.7 Å². The molecule has 1 aromatic rings. The van der Waals surface area contributed by atoms with E-state index in [0.29, 0.717) is 42.0 Å². The van der Waals surface area contributed by atoms with Gasteiger partial charge in [0.1, 0.15) is 5.75 Å². The van der Waals surface area contributed by atoms with Crippen molar-refractivity contribution < 1.29 is 14.6 Å². The van der Waals surface area contributed by atoms with Gasteiger partial charge in [0, 0.05) is 30.2 Å². The zero-order valence-corrected chi connectivity index (χ0v) is 12.9. The van der Waals surface area contributed by atoms with Gasteiger partial charge in [0.25, 0.3) is 0 Å². The monoisotopic (exact) mass is 319 g/mol. The van der Waals surface area contributed by atoms with E-state index in [0.717, 1.165) is 12.0 Å². The predicted octanol–water partition coefficient (Wildman–Crippen LogP) is 2.80. The van der Waals surface area contributed by atoms with Gasteiger partial charge >= 0.3 is 0 Å². The minimum Gasteiger partial charge on any atom is -0.492 e. The van der Waals surface area contributed by atoms with E-state index in [2.05, 4.69) is 5.32 Å². The number of halogens is 2. The van der Waals surface area contributed by atoms with Crippen LogP contribution in [0.5, 0.6) is 5.75 Å². The number of aliphatic hydroxyl groups is 1. The smallest absolute Gasteiger partial charge is 0.142 e. The highest BCUT2D eigenvalue weighted by Crippen LogP contribution is 2.39. The van der Waals surface area contributed by atoms with Crippen molar-refractivity contribution in [2.45, 2.75) is 25.0 Å². The number of hydrogen-bond donors (Lipinski definition) is 2. The number of benzene rings is 1. The number of nitrogens with one attached hydrogen (secondary N) is 1. The summed E-state index contributed by atoms with van der Waals surface area (Å²) in [7, 11) is 1.58. The van der Waals surface area contributed by atoms with Gasteiger partial charge in [0.2, 0.25) is 0 Å². The molecule has 0 fully saturated rings. The summed E-state index contributed by atoms with van der Waals surface area (Å²) >= 11 is 12.2. The van der Waals surface area contributed by atoms with E-state index >= 15 is 0 Å². The van der Waals surface area contributed by atoms with Crippen molar-refractivity contribution in [1.29, 1.82) is 0 Å². The SMILES string of the molecule is COCC(O)CCNC1CCOc2c(Cl)cc(Cl)cc21. The van der Waals surface area contributed by atoms with Crippen LogP contribution in [-0.2, 0) is 4.74 Å². The standard InChI is InChI=1S/C14H19Cl2NO3/c1-19-8-10(18)2-4-17-13-3-5-20-14-11(13)6-9(15)7-12(14)16/h6-7,10,13,17-18H,2-5,8H2,1H3. The van der Waals surface area contributed by atoms with Gasteiger partial charge < -0.3 is 19.9 Å². The predicted molar refractivity (Wildman–Crippen MR) is 79.8 cm³/mol. The number of methoxy groups -OCH3 is 1. The van der Waals surface area contributed by atoms with E-state index in [1.165, 1.54) is 0 Å². The Labute approximate surface area is 129 Å². The molecule has 2 N–H and O–H groups in total. The second kappa shape index (κ2) is 7.48. The van der Waals surface area contributed by atoms with Crippen LogP contribution in [0.15, 0.2) is 12.1 Å². The fourth-order valence-electron chi connectivity index (χ4n) is 2.34. The summed E-state index contributed by atoms with van der Waals surface area (Å²) in [6, 6.07) is 3.71. The Morgan fingerprint density at radius 3 is 3.05 bits per heavy atom. The molecule has 2 unspecified atom stereocenters. The molecule has 1 heterocycles. The van der Waals surface area contributed by atoms with Gasteiger partial charge in [-0.1, -0.05) is 23.2 Å². The van der Waals surface area contributed by atoms with E-state index in [-0.39, 0.29) is 6.04 Å². The first kappa shape index (κ1) is 15.9. The molecule has 6 heteroatoms. The van der Waals surface area contributed by atoms with E-state index < -0.39 is 6.10 Å². The van der Waals surface area contributed by atoms with Crippen LogP contribution < -0.4 is 10.1 Å². The molecule has 1 aromatic carbocycles. The second-order valence-corrected chi connectivity index (χ2v) is 5.69. The Kier molecular flexibility index (Phi) is 5.93. The Morgan fingerprint density at radius 1 is 1.50 bits per heavy atom. The quantitative estimate of drug-likeness (QED) is 0.846. The van der Waals surface area contributed by atoms with Gasteiger partial charge in [0.15, 0.2) is 0 Å². The van der Waals surface area contributed by atoms with Crippen LogP contribution in [0.2, 0.25) is 10.0 Å². The molecule has 1 aliphatic rings. The van der Waals surface area contributed by atoms with Crippen LogP contribution in [-0.4, -0.2) is 38.1 Å². The lowest BCUT2D eigenvalue weighted by molar-refractivity contribution is 0.0586. The third-order valence-corrected chi connectivity index (χ3v) is 3.79. The van der Waals surface area contributed by atoms with E-state index in [4.69, 9.17) is 32.7 Å². The van der Waals surface area contributed by atoms with Crippen molar-refractivity contribution in [2.24, 2.45) is 0 Å². The van der Waals surface area contributed by atoms with Crippen LogP contribution in [0.1, 0.15) is 24.4 Å². The summed E-state index contributed by atoms with van der Waals surface area (Å²) in [5.74, 6) is 0.706. The van der Waals surface area contributed by atoms with Crippen molar-refractivity contribution >= 4 is 23.2 Å². The van der Waals surface area contributed by atoms with E-state index in [1.807, 2.05) is 6.07 Å². The lowest BCUT2D eigenvalue weighted by Gasteiger charge is -2.28. The Morgan fingerprint density at radius 2 is 2.30 bits per heavy atom. The largest absolute Gasteiger partial charge is 0.492 e. The minimum atomic E-state index is -0.449. The third kappa shape index (κ3) is 3.99. The van der Waals surface area contributed by atoms with Crippen molar-refractivity contribution in [3.63, 3.8) is 0 Å². The molecule has 0 spiro atoms. The Hall–Kier alpha value is -0.520. The van der Waals surface area contributed by atoms with Crippen LogP contribution in [0.25, 0.3) is 0 Å². The van der Waals surface area contributed by atoms with Gasteiger partial charge in [-0.25, -0.2) is 0 Å². The van der Waals surface area contributed by atoms with Gasteiger partial charge in [-0.3, -0.25) is 0 Å². The molecule has 2 atom stereocenters. The first-order valence-electron chi connectivity index (χ1n) is 6.64. The highest BCUT2D eigenvalue weighted by molar-refractivity contribution is 6.35. The molecule has 1 aliphatic heterocycles. The first-order chi connectivity index (χ1) is 9.61. The molecular formula is C14H19Cl2NO3. The minimum absolute atomic E-state index is 0.143. The van der Waals surface area contributed by atoms with Crippen LogP contribution in [0.3, 0.4) is 0 Å². The zero-order chi connectivity index (χ0) is 14.5. The van der Waals surface area contributed by atoms with E-state index in [1.54, 1.807) is 13.2 Å². The summed E-state index contributed by atoms with van der Waals surface area (Å²) in [5.41, 5.74) is 0.981. The lowest BCUT2D eigenvalue weighted by atomic mass is 10.0. The number of fused-ring (bicyclic) bond motifs is 1. The van der Waals surface area contributed by atoms with Gasteiger partial charge in [-0.05, 0) is 25.1 Å². The number of ether oxygens (including phenoxy) is 2. The molecular weight excluding hydrogens is 301 g/mol. The molecule has 0 saturated carbocycles. The Bertz CT molecular complexity index is 456. The topological polar surface area (TPSA) is 50.7 Å².